The van der Waals surface area contributed by atoms with E-state index < -0.39 is 7.12 Å². The highest BCUT2D eigenvalue weighted by Gasteiger charge is 2.52. The van der Waals surface area contributed by atoms with Crippen molar-refractivity contribution in [2.75, 3.05) is 0 Å². The fourth-order valence-electron chi connectivity index (χ4n) is 2.76. The number of ether oxygens (including phenoxy) is 1. The maximum absolute atomic E-state index is 6.20. The molecule has 0 atom stereocenters. The maximum Gasteiger partial charge on any atom is 0.498 e. The van der Waals surface area contributed by atoms with Crippen LogP contribution in [0.4, 0.5) is 0 Å². The van der Waals surface area contributed by atoms with Gasteiger partial charge >= 0.3 is 7.12 Å². The minimum Gasteiger partial charge on any atom is -0.489 e. The van der Waals surface area contributed by atoms with E-state index in [4.69, 9.17) is 14.0 Å². The summed E-state index contributed by atoms with van der Waals surface area (Å²) in [6.07, 6.45) is 0. The first-order valence-corrected chi connectivity index (χ1v) is 8.42. The third-order valence-corrected chi connectivity index (χ3v) is 4.98. The third-order valence-electron chi connectivity index (χ3n) is 4.98. The molecule has 126 valence electrons. The lowest BCUT2D eigenvalue weighted by atomic mass is 9.77. The predicted octanol–water partition coefficient (Wildman–Crippen LogP) is 3.87. The summed E-state index contributed by atoms with van der Waals surface area (Å²) in [5.41, 5.74) is 2.44. The van der Waals surface area contributed by atoms with Gasteiger partial charge in [0.2, 0.25) is 0 Å². The Bertz CT molecular complexity index is 694. The molecule has 1 fully saturated rings. The van der Waals surface area contributed by atoms with Gasteiger partial charge in [-0.2, -0.15) is 0 Å². The van der Waals surface area contributed by atoms with Gasteiger partial charge in [-0.25, -0.2) is 0 Å². The highest BCUT2D eigenvalue weighted by atomic mass is 16.7. The summed E-state index contributed by atoms with van der Waals surface area (Å²) in [5.74, 6) is 0.847. The van der Waals surface area contributed by atoms with Gasteiger partial charge in [0.15, 0.2) is 0 Å². The number of para-hydroxylation sites is 1. The molecule has 3 rings (SSSR count). The number of benzene rings is 2. The number of hydrogen-bond donors (Lipinski definition) is 0. The van der Waals surface area contributed by atoms with E-state index in [0.717, 1.165) is 22.3 Å². The lowest BCUT2D eigenvalue weighted by molar-refractivity contribution is 0.00578. The van der Waals surface area contributed by atoms with Crippen LogP contribution in [0.1, 0.15) is 38.8 Å². The van der Waals surface area contributed by atoms with Crippen LogP contribution in [0, 0.1) is 6.92 Å². The molecule has 24 heavy (non-hydrogen) atoms. The Labute approximate surface area is 145 Å². The van der Waals surface area contributed by atoms with E-state index in [2.05, 4.69) is 52.8 Å². The van der Waals surface area contributed by atoms with Gasteiger partial charge in [-0.05, 0) is 45.7 Å². The van der Waals surface area contributed by atoms with Crippen LogP contribution in [0.5, 0.6) is 5.75 Å². The smallest absolute Gasteiger partial charge is 0.489 e. The van der Waals surface area contributed by atoms with Gasteiger partial charge in [0, 0.05) is 5.46 Å². The van der Waals surface area contributed by atoms with Gasteiger partial charge in [-0.1, -0.05) is 48.5 Å². The molecule has 0 saturated carbocycles. The Morgan fingerprint density at radius 2 is 1.50 bits per heavy atom. The topological polar surface area (TPSA) is 27.7 Å². The second-order valence-corrected chi connectivity index (χ2v) is 7.36. The Morgan fingerprint density at radius 1 is 0.875 bits per heavy atom. The lowest BCUT2D eigenvalue weighted by Crippen LogP contribution is -2.41. The van der Waals surface area contributed by atoms with Crippen molar-refractivity contribution >= 4 is 12.6 Å². The van der Waals surface area contributed by atoms with E-state index in [9.17, 15) is 0 Å². The minimum atomic E-state index is -0.416. The summed E-state index contributed by atoms with van der Waals surface area (Å²) >= 11 is 0. The van der Waals surface area contributed by atoms with Crippen molar-refractivity contribution in [1.82, 2.24) is 0 Å². The largest absolute Gasteiger partial charge is 0.498 e. The first-order chi connectivity index (χ1) is 11.3. The van der Waals surface area contributed by atoms with Crippen molar-refractivity contribution in [3.05, 3.63) is 59.7 Å². The van der Waals surface area contributed by atoms with Crippen LogP contribution < -0.4 is 10.2 Å². The van der Waals surface area contributed by atoms with Crippen molar-refractivity contribution in [1.29, 1.82) is 0 Å². The third kappa shape index (κ3) is 3.21. The van der Waals surface area contributed by atoms with E-state index in [1.807, 2.05) is 30.3 Å². The fraction of sp³-hybridized carbons (Fsp3) is 0.400. The summed E-state index contributed by atoms with van der Waals surface area (Å²) < 4.78 is 18.5. The van der Waals surface area contributed by atoms with Crippen LogP contribution in [0.2, 0.25) is 0 Å². The molecule has 0 N–H and O–H groups in total. The average molecular weight is 324 g/mol. The fourth-order valence-corrected chi connectivity index (χ4v) is 2.76. The van der Waals surface area contributed by atoms with Crippen LogP contribution in [0.15, 0.2) is 48.5 Å². The Kier molecular flexibility index (Phi) is 4.45. The van der Waals surface area contributed by atoms with Crippen LogP contribution in [-0.2, 0) is 15.9 Å². The first-order valence-electron chi connectivity index (χ1n) is 8.42. The molecule has 1 aliphatic heterocycles. The molecule has 1 aliphatic rings. The summed E-state index contributed by atoms with van der Waals surface area (Å²) in [6, 6.07) is 16.3. The van der Waals surface area contributed by atoms with E-state index in [1.165, 1.54) is 0 Å². The van der Waals surface area contributed by atoms with E-state index >= 15 is 0 Å². The van der Waals surface area contributed by atoms with Crippen LogP contribution in [0.25, 0.3) is 0 Å². The molecule has 0 bridgehead atoms. The molecule has 1 saturated heterocycles. The average Bonchev–Trinajstić information content (AvgIpc) is 2.75. The molecule has 4 heteroatoms. The molecule has 0 amide bonds. The summed E-state index contributed by atoms with van der Waals surface area (Å²) in [6.45, 7) is 10.8. The zero-order valence-corrected chi connectivity index (χ0v) is 15.1. The van der Waals surface area contributed by atoms with Crippen molar-refractivity contribution in [2.24, 2.45) is 0 Å². The van der Waals surface area contributed by atoms with Gasteiger partial charge < -0.3 is 14.0 Å². The molecule has 0 radical (unpaired) electrons. The van der Waals surface area contributed by atoms with Crippen molar-refractivity contribution < 1.29 is 14.0 Å². The molecule has 3 nitrogen and oxygen atoms in total. The molecular weight excluding hydrogens is 299 g/mol. The second kappa shape index (κ2) is 6.27. The van der Waals surface area contributed by atoms with Crippen molar-refractivity contribution in [3.63, 3.8) is 0 Å². The van der Waals surface area contributed by atoms with Crippen molar-refractivity contribution in [2.45, 2.75) is 52.4 Å². The first kappa shape index (κ1) is 17.1. The zero-order chi connectivity index (χ0) is 17.4. The standard InChI is InChI=1S/C20H25BO3/c1-15-10-9-13-17(21-23-19(2,3)20(4,5)24-21)18(15)22-14-16-11-7-6-8-12-16/h6-13H,14H2,1-5H3. The highest BCUT2D eigenvalue weighted by Crippen LogP contribution is 2.37. The molecule has 0 aliphatic carbocycles. The molecular formula is C20H25BO3. The summed E-state index contributed by atoms with van der Waals surface area (Å²) in [4.78, 5) is 0. The molecule has 0 spiro atoms. The SMILES string of the molecule is Cc1cccc(B2OC(C)(C)C(C)(C)O2)c1OCc1ccccc1. The maximum atomic E-state index is 6.20. The quantitative estimate of drug-likeness (QED) is 0.799. The molecule has 1 heterocycles. The molecule has 0 unspecified atom stereocenters. The highest BCUT2D eigenvalue weighted by molar-refractivity contribution is 6.63. The summed E-state index contributed by atoms with van der Waals surface area (Å²) in [7, 11) is -0.416. The Balaban J connectivity index is 1.86. The van der Waals surface area contributed by atoms with Gasteiger partial charge in [-0.3, -0.25) is 0 Å². The summed E-state index contributed by atoms with van der Waals surface area (Å²) in [5, 5.41) is 0. The van der Waals surface area contributed by atoms with Gasteiger partial charge in [0.05, 0.1) is 11.2 Å². The zero-order valence-electron chi connectivity index (χ0n) is 15.1. The lowest BCUT2D eigenvalue weighted by Gasteiger charge is -2.32. The van der Waals surface area contributed by atoms with Crippen LogP contribution in [0.3, 0.4) is 0 Å². The number of aryl methyl sites for hydroxylation is 1. The molecule has 2 aromatic rings. The van der Waals surface area contributed by atoms with Gasteiger partial charge in [-0.15, -0.1) is 0 Å². The Morgan fingerprint density at radius 3 is 2.12 bits per heavy atom. The normalized spacial score (nSPS) is 18.6. The second-order valence-electron chi connectivity index (χ2n) is 7.36. The molecule has 2 aromatic carbocycles. The number of rotatable bonds is 4. The van der Waals surface area contributed by atoms with E-state index in [1.54, 1.807) is 0 Å². The van der Waals surface area contributed by atoms with E-state index in [-0.39, 0.29) is 11.2 Å². The van der Waals surface area contributed by atoms with E-state index in [0.29, 0.717) is 6.61 Å². The van der Waals surface area contributed by atoms with Crippen LogP contribution in [-0.4, -0.2) is 18.3 Å². The van der Waals surface area contributed by atoms with Gasteiger partial charge in [0.1, 0.15) is 12.4 Å². The van der Waals surface area contributed by atoms with Crippen LogP contribution >= 0.6 is 0 Å². The number of hydrogen-bond acceptors (Lipinski definition) is 3. The predicted molar refractivity (Wildman–Crippen MR) is 97.7 cm³/mol. The van der Waals surface area contributed by atoms with Gasteiger partial charge in [0.25, 0.3) is 0 Å². The molecule has 0 aromatic heterocycles. The minimum absolute atomic E-state index is 0.363. The monoisotopic (exact) mass is 324 g/mol. The Hall–Kier alpha value is -1.78. The van der Waals surface area contributed by atoms with Crippen molar-refractivity contribution in [3.8, 4) is 5.75 Å².